The molecule has 6 nitrogen and oxygen atoms in total. The van der Waals surface area contributed by atoms with Crippen LogP contribution in [0.4, 0.5) is 11.4 Å². The van der Waals surface area contributed by atoms with E-state index in [-0.39, 0.29) is 24.0 Å². The average Bonchev–Trinajstić information content (AvgIpc) is 3.22. The second kappa shape index (κ2) is 8.14. The third-order valence-corrected chi connectivity index (χ3v) is 5.07. The Morgan fingerprint density at radius 2 is 1.29 bits per heavy atom. The summed E-state index contributed by atoms with van der Waals surface area (Å²) in [6, 6.07) is 19.6. The lowest BCUT2D eigenvalue weighted by molar-refractivity contribution is 0.101. The van der Waals surface area contributed by atoms with Gasteiger partial charge in [-0.05, 0) is 53.4 Å². The van der Waals surface area contributed by atoms with Gasteiger partial charge in [-0.3, -0.25) is 9.59 Å². The first-order valence-electron chi connectivity index (χ1n) is 10.0. The van der Waals surface area contributed by atoms with E-state index in [1.165, 1.54) is 0 Å². The van der Waals surface area contributed by atoms with Crippen LogP contribution in [0.15, 0.2) is 66.7 Å². The van der Waals surface area contributed by atoms with E-state index in [0.29, 0.717) is 34.0 Å². The molecule has 0 spiro atoms. The Bertz CT molecular complexity index is 1130. The highest BCUT2D eigenvalue weighted by Gasteiger charge is 2.18. The van der Waals surface area contributed by atoms with Crippen LogP contribution in [0.3, 0.4) is 0 Å². The van der Waals surface area contributed by atoms with Crippen molar-refractivity contribution in [1.82, 2.24) is 0 Å². The second-order valence-corrected chi connectivity index (χ2v) is 8.35. The maximum absolute atomic E-state index is 12.8. The van der Waals surface area contributed by atoms with Gasteiger partial charge in [-0.25, -0.2) is 0 Å². The molecule has 0 aromatic heterocycles. The number of carbonyl (C=O) groups is 2. The Balaban J connectivity index is 1.49. The van der Waals surface area contributed by atoms with Crippen molar-refractivity contribution in [3.63, 3.8) is 0 Å². The molecule has 3 aromatic carbocycles. The number of rotatable bonds is 4. The van der Waals surface area contributed by atoms with Crippen molar-refractivity contribution >= 4 is 23.2 Å². The number of hydrogen-bond donors (Lipinski definition) is 2. The summed E-state index contributed by atoms with van der Waals surface area (Å²) in [7, 11) is 0. The quantitative estimate of drug-likeness (QED) is 0.612. The molecular weight excluding hydrogens is 392 g/mol. The minimum atomic E-state index is -0.311. The van der Waals surface area contributed by atoms with Crippen molar-refractivity contribution in [2.45, 2.75) is 26.2 Å². The normalized spacial score (nSPS) is 12.4. The van der Waals surface area contributed by atoms with E-state index in [1.807, 2.05) is 24.3 Å². The molecule has 0 unspecified atom stereocenters. The lowest BCUT2D eigenvalue weighted by Crippen LogP contribution is -2.17. The number of amides is 2. The third kappa shape index (κ3) is 4.53. The maximum atomic E-state index is 12.8. The number of fused-ring (bicyclic) bond motifs is 1. The van der Waals surface area contributed by atoms with Gasteiger partial charge in [-0.15, -0.1) is 0 Å². The van der Waals surface area contributed by atoms with E-state index in [2.05, 4.69) is 31.4 Å². The number of anilines is 2. The third-order valence-electron chi connectivity index (χ3n) is 5.07. The first kappa shape index (κ1) is 20.5. The number of para-hydroxylation sites is 2. The van der Waals surface area contributed by atoms with Crippen LogP contribution < -0.4 is 20.1 Å². The lowest BCUT2D eigenvalue weighted by Gasteiger charge is -2.19. The van der Waals surface area contributed by atoms with E-state index >= 15 is 0 Å². The SMILES string of the molecule is CC(C)(C)c1ccc(C(=O)Nc2ccccc2NC(=O)c2ccc3c(c2)OCO3)cc1. The molecular formula is C25H24N2O4. The van der Waals surface area contributed by atoms with Crippen molar-refractivity contribution in [2.24, 2.45) is 0 Å². The molecule has 2 N–H and O–H groups in total. The molecule has 0 aliphatic carbocycles. The Morgan fingerprint density at radius 3 is 1.90 bits per heavy atom. The molecule has 0 saturated carbocycles. The Labute approximate surface area is 181 Å². The van der Waals surface area contributed by atoms with Gasteiger partial charge in [0, 0.05) is 11.1 Å². The van der Waals surface area contributed by atoms with E-state index in [9.17, 15) is 9.59 Å². The fourth-order valence-electron chi connectivity index (χ4n) is 3.25. The summed E-state index contributed by atoms with van der Waals surface area (Å²) in [4.78, 5) is 25.5. The zero-order valence-corrected chi connectivity index (χ0v) is 17.7. The van der Waals surface area contributed by atoms with Crippen LogP contribution in [0.1, 0.15) is 47.1 Å². The molecule has 31 heavy (non-hydrogen) atoms. The second-order valence-electron chi connectivity index (χ2n) is 8.35. The number of benzene rings is 3. The number of ether oxygens (including phenoxy) is 2. The Kier molecular flexibility index (Phi) is 5.38. The highest BCUT2D eigenvalue weighted by Crippen LogP contribution is 2.33. The first-order chi connectivity index (χ1) is 14.8. The van der Waals surface area contributed by atoms with Crippen LogP contribution in [0.5, 0.6) is 11.5 Å². The molecule has 0 saturated heterocycles. The zero-order valence-electron chi connectivity index (χ0n) is 17.7. The van der Waals surface area contributed by atoms with Crippen LogP contribution in [-0.4, -0.2) is 18.6 Å². The van der Waals surface area contributed by atoms with Crippen molar-refractivity contribution in [3.8, 4) is 11.5 Å². The smallest absolute Gasteiger partial charge is 0.255 e. The van der Waals surface area contributed by atoms with Gasteiger partial charge in [0.05, 0.1) is 11.4 Å². The monoisotopic (exact) mass is 416 g/mol. The van der Waals surface area contributed by atoms with Crippen LogP contribution in [-0.2, 0) is 5.41 Å². The average molecular weight is 416 g/mol. The summed E-state index contributed by atoms with van der Waals surface area (Å²) in [6.45, 7) is 6.52. The summed E-state index contributed by atoms with van der Waals surface area (Å²) in [6.07, 6.45) is 0. The summed E-state index contributed by atoms with van der Waals surface area (Å²) in [5.41, 5.74) is 3.17. The molecule has 6 heteroatoms. The lowest BCUT2D eigenvalue weighted by atomic mass is 9.87. The minimum Gasteiger partial charge on any atom is -0.454 e. The Morgan fingerprint density at radius 1 is 0.742 bits per heavy atom. The van der Waals surface area contributed by atoms with Crippen LogP contribution >= 0.6 is 0 Å². The predicted molar refractivity (Wildman–Crippen MR) is 120 cm³/mol. The maximum Gasteiger partial charge on any atom is 0.255 e. The van der Waals surface area contributed by atoms with Gasteiger partial charge in [0.2, 0.25) is 6.79 Å². The summed E-state index contributed by atoms with van der Waals surface area (Å²) < 4.78 is 10.6. The number of nitrogens with one attached hydrogen (secondary N) is 2. The molecule has 4 rings (SSSR count). The van der Waals surface area contributed by atoms with Gasteiger partial charge < -0.3 is 20.1 Å². The van der Waals surface area contributed by atoms with E-state index in [0.717, 1.165) is 5.56 Å². The molecule has 158 valence electrons. The van der Waals surface area contributed by atoms with Gasteiger partial charge in [0.15, 0.2) is 11.5 Å². The zero-order chi connectivity index (χ0) is 22.0. The van der Waals surface area contributed by atoms with Crippen LogP contribution in [0, 0.1) is 0 Å². The molecule has 0 bridgehead atoms. The first-order valence-corrected chi connectivity index (χ1v) is 10.0. The predicted octanol–water partition coefficient (Wildman–Crippen LogP) is 5.22. The standard InChI is InChI=1S/C25H24N2O4/c1-25(2,3)18-11-8-16(9-12-18)23(28)26-19-6-4-5-7-20(19)27-24(29)17-10-13-21-22(14-17)31-15-30-21/h4-14H,15H2,1-3H3,(H,26,28)(H,27,29). The topological polar surface area (TPSA) is 76.7 Å². The minimum absolute atomic E-state index is 0.0145. The molecule has 1 aliphatic rings. The molecule has 1 aliphatic heterocycles. The highest BCUT2D eigenvalue weighted by molar-refractivity contribution is 6.10. The molecule has 1 heterocycles. The van der Waals surface area contributed by atoms with E-state index in [1.54, 1.807) is 42.5 Å². The molecule has 3 aromatic rings. The summed E-state index contributed by atoms with van der Waals surface area (Å²) >= 11 is 0. The fraction of sp³-hybridized carbons (Fsp3) is 0.200. The van der Waals surface area contributed by atoms with Crippen molar-refractivity contribution in [2.75, 3.05) is 17.4 Å². The van der Waals surface area contributed by atoms with Crippen molar-refractivity contribution < 1.29 is 19.1 Å². The molecule has 0 atom stereocenters. The van der Waals surface area contributed by atoms with Crippen LogP contribution in [0.25, 0.3) is 0 Å². The summed E-state index contributed by atoms with van der Waals surface area (Å²) in [5.74, 6) is 0.592. The van der Waals surface area contributed by atoms with Crippen LogP contribution in [0.2, 0.25) is 0 Å². The van der Waals surface area contributed by atoms with Gasteiger partial charge in [-0.2, -0.15) is 0 Å². The highest BCUT2D eigenvalue weighted by atomic mass is 16.7. The van der Waals surface area contributed by atoms with E-state index in [4.69, 9.17) is 9.47 Å². The molecule has 0 radical (unpaired) electrons. The van der Waals surface area contributed by atoms with E-state index < -0.39 is 0 Å². The van der Waals surface area contributed by atoms with Crippen molar-refractivity contribution in [1.29, 1.82) is 0 Å². The van der Waals surface area contributed by atoms with Crippen molar-refractivity contribution in [3.05, 3.63) is 83.4 Å². The Hall–Kier alpha value is -3.80. The summed E-state index contributed by atoms with van der Waals surface area (Å²) in [5, 5.41) is 5.74. The van der Waals surface area contributed by atoms with Gasteiger partial charge in [-0.1, -0.05) is 45.0 Å². The molecule has 0 fully saturated rings. The van der Waals surface area contributed by atoms with Gasteiger partial charge >= 0.3 is 0 Å². The number of carbonyl (C=O) groups excluding carboxylic acids is 2. The van der Waals surface area contributed by atoms with Gasteiger partial charge in [0.25, 0.3) is 11.8 Å². The molecule has 2 amide bonds. The van der Waals surface area contributed by atoms with Gasteiger partial charge in [0.1, 0.15) is 0 Å². The number of hydrogen-bond acceptors (Lipinski definition) is 4. The largest absolute Gasteiger partial charge is 0.454 e. The fourth-order valence-corrected chi connectivity index (χ4v) is 3.25.